The second-order valence-electron chi connectivity index (χ2n) is 15.4. The molecule has 0 aromatic rings. The van der Waals surface area contributed by atoms with Crippen LogP contribution in [0.25, 0.3) is 0 Å². The number of aliphatic hydroxyl groups excluding tert-OH is 2. The van der Waals surface area contributed by atoms with E-state index in [1.807, 2.05) is 6.08 Å². The van der Waals surface area contributed by atoms with Crippen molar-refractivity contribution in [2.75, 3.05) is 6.61 Å². The Labute approximate surface area is 370 Å². The first kappa shape index (κ1) is 56.3. The maximum atomic E-state index is 12.4. The standard InChI is InChI=1S/C56H89NO3/c1-3-5-7-9-11-13-15-17-19-20-21-22-23-24-25-26-27-28-29-30-31-32-33-34-35-36-38-40-42-44-46-48-50-52-56(60)57-54(53-58)55(59)51-49-47-45-43-41-39-37-18-16-14-12-10-8-6-4-2/h5,7,11,13,16-19,21-22,24-25,27-28,30-31,33-34,36,38,41,43,49,51,54-55,58-59H,3-4,6,8-10,12,14-15,20,23,26,29,32,35,37,39-40,42,44-48,50,52-53H2,1-2H3,(H,57,60)/b7-5-,13-11-,18-16+,19-17-,22-21-,25-24-,28-27-,31-30-,34-33-,38-36-,43-41+,51-49+. The van der Waals surface area contributed by atoms with Crippen molar-refractivity contribution in [3.63, 3.8) is 0 Å². The highest BCUT2D eigenvalue weighted by Gasteiger charge is 2.17. The monoisotopic (exact) mass is 824 g/mol. The average Bonchev–Trinajstić information content (AvgIpc) is 3.25. The third-order valence-corrected chi connectivity index (χ3v) is 9.78. The molecular formula is C56H89NO3. The average molecular weight is 824 g/mol. The first-order valence-corrected chi connectivity index (χ1v) is 24.0. The van der Waals surface area contributed by atoms with Gasteiger partial charge in [0.05, 0.1) is 18.8 Å². The van der Waals surface area contributed by atoms with Crippen LogP contribution in [0.5, 0.6) is 0 Å². The zero-order chi connectivity index (χ0) is 43.5. The fourth-order valence-electron chi connectivity index (χ4n) is 6.14. The molecule has 3 N–H and O–H groups in total. The topological polar surface area (TPSA) is 69.6 Å². The molecule has 0 aromatic heterocycles. The van der Waals surface area contributed by atoms with E-state index in [0.717, 1.165) is 116 Å². The van der Waals surface area contributed by atoms with E-state index in [4.69, 9.17) is 0 Å². The number of carbonyl (C=O) groups is 1. The van der Waals surface area contributed by atoms with E-state index in [1.54, 1.807) is 6.08 Å². The van der Waals surface area contributed by atoms with Gasteiger partial charge in [-0.05, 0) is 116 Å². The van der Waals surface area contributed by atoms with Gasteiger partial charge in [0.15, 0.2) is 0 Å². The van der Waals surface area contributed by atoms with E-state index < -0.39 is 12.1 Å². The zero-order valence-corrected chi connectivity index (χ0v) is 38.4. The van der Waals surface area contributed by atoms with Crippen molar-refractivity contribution >= 4 is 5.91 Å². The Morgan fingerprint density at radius 3 is 1.17 bits per heavy atom. The molecule has 4 nitrogen and oxygen atoms in total. The van der Waals surface area contributed by atoms with Gasteiger partial charge in [0, 0.05) is 6.42 Å². The SMILES string of the molecule is CC/C=C\C/C=C\C/C=C\C/C=C\C/C=C\C/C=C\C/C=C\C/C=C\C/C=C\CCCCCCCC(=O)NC(CO)C(O)/C=C/CC/C=C/CC/C=C/CCCCCCC. The van der Waals surface area contributed by atoms with E-state index in [0.29, 0.717) is 6.42 Å². The van der Waals surface area contributed by atoms with Gasteiger partial charge in [-0.2, -0.15) is 0 Å². The van der Waals surface area contributed by atoms with Crippen molar-refractivity contribution in [2.45, 2.75) is 193 Å². The summed E-state index contributed by atoms with van der Waals surface area (Å²) < 4.78 is 0. The predicted molar refractivity (Wildman–Crippen MR) is 266 cm³/mol. The van der Waals surface area contributed by atoms with Crippen LogP contribution < -0.4 is 5.32 Å². The minimum atomic E-state index is -0.889. The summed E-state index contributed by atoms with van der Waals surface area (Å²) >= 11 is 0. The van der Waals surface area contributed by atoms with Gasteiger partial charge in [0.2, 0.25) is 5.91 Å². The van der Waals surface area contributed by atoms with E-state index in [9.17, 15) is 15.0 Å². The van der Waals surface area contributed by atoms with Crippen LogP contribution in [-0.4, -0.2) is 34.9 Å². The van der Waals surface area contributed by atoms with Crippen LogP contribution >= 0.6 is 0 Å². The number of unbranched alkanes of at least 4 members (excludes halogenated alkanes) is 12. The predicted octanol–water partition coefficient (Wildman–Crippen LogP) is 15.7. The second kappa shape index (κ2) is 49.6. The molecule has 0 saturated carbocycles. The number of hydrogen-bond acceptors (Lipinski definition) is 3. The summed E-state index contributed by atoms with van der Waals surface area (Å²) in [5.74, 6) is -0.105. The summed E-state index contributed by atoms with van der Waals surface area (Å²) in [5, 5.41) is 23.0. The molecule has 0 aromatic carbocycles. The van der Waals surface area contributed by atoms with Crippen LogP contribution in [-0.2, 0) is 4.79 Å². The van der Waals surface area contributed by atoms with Crippen LogP contribution in [0.3, 0.4) is 0 Å². The maximum Gasteiger partial charge on any atom is 0.220 e. The molecule has 0 aliphatic rings. The van der Waals surface area contributed by atoms with Crippen molar-refractivity contribution in [3.05, 3.63) is 146 Å². The second-order valence-corrected chi connectivity index (χ2v) is 15.4. The lowest BCUT2D eigenvalue weighted by Gasteiger charge is -2.19. The van der Waals surface area contributed by atoms with E-state index in [2.05, 4.69) is 153 Å². The summed E-state index contributed by atoms with van der Waals surface area (Å²) in [5.41, 5.74) is 0. The largest absolute Gasteiger partial charge is 0.394 e. The lowest BCUT2D eigenvalue weighted by atomic mass is 10.1. The van der Waals surface area contributed by atoms with Gasteiger partial charge in [-0.25, -0.2) is 0 Å². The Bertz CT molecular complexity index is 1300. The number of nitrogens with one attached hydrogen (secondary N) is 1. The molecule has 0 aliphatic carbocycles. The lowest BCUT2D eigenvalue weighted by molar-refractivity contribution is -0.123. The van der Waals surface area contributed by atoms with Crippen molar-refractivity contribution in [2.24, 2.45) is 0 Å². The number of carbonyl (C=O) groups excluding carboxylic acids is 1. The molecule has 0 bridgehead atoms. The van der Waals surface area contributed by atoms with Crippen LogP contribution in [0, 0.1) is 0 Å². The molecule has 4 heteroatoms. The summed E-state index contributed by atoms with van der Waals surface area (Å²) in [6.07, 6.45) is 79.6. The number of rotatable bonds is 41. The highest BCUT2D eigenvalue weighted by molar-refractivity contribution is 5.76. The molecule has 0 fully saturated rings. The molecule has 0 radical (unpaired) electrons. The lowest BCUT2D eigenvalue weighted by Crippen LogP contribution is -2.45. The van der Waals surface area contributed by atoms with Crippen molar-refractivity contribution in [3.8, 4) is 0 Å². The molecule has 0 spiro atoms. The molecule has 1 amide bonds. The van der Waals surface area contributed by atoms with Crippen molar-refractivity contribution in [1.29, 1.82) is 0 Å². The zero-order valence-electron chi connectivity index (χ0n) is 38.4. The highest BCUT2D eigenvalue weighted by Crippen LogP contribution is 2.10. The van der Waals surface area contributed by atoms with Gasteiger partial charge < -0.3 is 15.5 Å². The Morgan fingerprint density at radius 2 is 0.750 bits per heavy atom. The van der Waals surface area contributed by atoms with Gasteiger partial charge in [0.1, 0.15) is 0 Å². The number of amides is 1. The van der Waals surface area contributed by atoms with Crippen LogP contribution in [0.15, 0.2) is 146 Å². The number of aliphatic hydroxyl groups is 2. The van der Waals surface area contributed by atoms with E-state index >= 15 is 0 Å². The molecular weight excluding hydrogens is 735 g/mol. The highest BCUT2D eigenvalue weighted by atomic mass is 16.3. The Hall–Kier alpha value is -3.73. The molecule has 0 heterocycles. The number of allylic oxidation sites excluding steroid dienone is 23. The Balaban J connectivity index is 3.75. The molecule has 2 atom stereocenters. The van der Waals surface area contributed by atoms with Crippen molar-refractivity contribution in [1.82, 2.24) is 5.32 Å². The molecule has 0 rings (SSSR count). The van der Waals surface area contributed by atoms with Gasteiger partial charge in [-0.3, -0.25) is 4.79 Å². The fraction of sp³-hybridized carbons (Fsp3) is 0.554. The molecule has 60 heavy (non-hydrogen) atoms. The minimum Gasteiger partial charge on any atom is -0.394 e. The van der Waals surface area contributed by atoms with Gasteiger partial charge in [0.25, 0.3) is 0 Å². The summed E-state index contributed by atoms with van der Waals surface area (Å²) in [6, 6.07) is -0.667. The normalized spacial score (nSPS) is 14.3. The Kier molecular flexibility index (Phi) is 46.5. The van der Waals surface area contributed by atoms with Crippen molar-refractivity contribution < 1.29 is 15.0 Å². The maximum absolute atomic E-state index is 12.4. The summed E-state index contributed by atoms with van der Waals surface area (Å²) in [7, 11) is 0. The van der Waals surface area contributed by atoms with Crippen LogP contribution in [0.2, 0.25) is 0 Å². The molecule has 0 aliphatic heterocycles. The molecule has 336 valence electrons. The Morgan fingerprint density at radius 1 is 0.417 bits per heavy atom. The van der Waals surface area contributed by atoms with Gasteiger partial charge >= 0.3 is 0 Å². The van der Waals surface area contributed by atoms with Gasteiger partial charge in [-0.15, -0.1) is 0 Å². The molecule has 2 unspecified atom stereocenters. The van der Waals surface area contributed by atoms with Crippen LogP contribution in [0.4, 0.5) is 0 Å². The summed E-state index contributed by atoms with van der Waals surface area (Å²) in [6.45, 7) is 4.13. The third kappa shape index (κ3) is 45.4. The smallest absolute Gasteiger partial charge is 0.220 e. The van der Waals surface area contributed by atoms with Gasteiger partial charge in [-0.1, -0.05) is 205 Å². The fourth-order valence-corrected chi connectivity index (χ4v) is 6.14. The minimum absolute atomic E-state index is 0.105. The number of hydrogen-bond donors (Lipinski definition) is 3. The summed E-state index contributed by atoms with van der Waals surface area (Å²) in [4.78, 5) is 12.4. The van der Waals surface area contributed by atoms with E-state index in [1.165, 1.54) is 44.9 Å². The first-order chi connectivity index (χ1) is 29.7. The molecule has 0 saturated heterocycles. The quantitative estimate of drug-likeness (QED) is 0.0425. The third-order valence-electron chi connectivity index (χ3n) is 9.78. The van der Waals surface area contributed by atoms with Crippen LogP contribution in [0.1, 0.15) is 181 Å². The van der Waals surface area contributed by atoms with E-state index in [-0.39, 0.29) is 12.5 Å². The first-order valence-electron chi connectivity index (χ1n) is 24.0.